The monoisotopic (exact) mass is 377 g/mol. The second-order valence-corrected chi connectivity index (χ2v) is 8.00. The van der Waals surface area contributed by atoms with Crippen LogP contribution < -0.4 is 9.47 Å². The first kappa shape index (κ1) is 17.8. The summed E-state index contributed by atoms with van der Waals surface area (Å²) in [5, 5.41) is 16.0. The number of aryl methyl sites for hydroxylation is 1. The Bertz CT molecular complexity index is 1070. The molecule has 4 heteroatoms. The Labute approximate surface area is 165 Å². The molecule has 1 fully saturated rings. The third kappa shape index (κ3) is 2.44. The third-order valence-corrected chi connectivity index (χ3v) is 6.68. The van der Waals surface area contributed by atoms with Crippen molar-refractivity contribution >= 4 is 21.5 Å². The van der Waals surface area contributed by atoms with Crippen LogP contribution in [0.15, 0.2) is 30.3 Å². The molecule has 0 aliphatic carbocycles. The van der Waals surface area contributed by atoms with Crippen LogP contribution in [0, 0.1) is 0 Å². The van der Waals surface area contributed by atoms with E-state index in [2.05, 4.69) is 42.2 Å². The van der Waals surface area contributed by atoms with Crippen LogP contribution in [0.25, 0.3) is 21.5 Å². The topological polar surface area (TPSA) is 41.9 Å². The molecule has 0 bridgehead atoms. The van der Waals surface area contributed by atoms with Gasteiger partial charge in [0.05, 0.1) is 20.3 Å². The van der Waals surface area contributed by atoms with Crippen molar-refractivity contribution in [2.75, 3.05) is 20.8 Å². The van der Waals surface area contributed by atoms with Crippen LogP contribution in [-0.4, -0.2) is 36.8 Å². The van der Waals surface area contributed by atoms with Crippen LogP contribution in [-0.2, 0) is 13.0 Å². The van der Waals surface area contributed by atoms with E-state index in [1.807, 2.05) is 0 Å². The van der Waals surface area contributed by atoms with Gasteiger partial charge >= 0.3 is 0 Å². The van der Waals surface area contributed by atoms with Crippen molar-refractivity contribution in [2.24, 2.45) is 0 Å². The van der Waals surface area contributed by atoms with Gasteiger partial charge in [-0.2, -0.15) is 0 Å². The lowest BCUT2D eigenvalue weighted by Gasteiger charge is -2.37. The summed E-state index contributed by atoms with van der Waals surface area (Å²) in [5.74, 6) is 1.48. The molecular weight excluding hydrogens is 350 g/mol. The van der Waals surface area contributed by atoms with Crippen molar-refractivity contribution in [3.8, 4) is 11.5 Å². The van der Waals surface area contributed by atoms with Crippen molar-refractivity contribution in [1.29, 1.82) is 0 Å². The highest BCUT2D eigenvalue weighted by molar-refractivity contribution is 6.12. The molecule has 3 aromatic carbocycles. The first-order chi connectivity index (χ1) is 13.7. The number of aliphatic hydroxyl groups is 1. The number of methoxy groups -OCH3 is 2. The zero-order valence-corrected chi connectivity index (χ0v) is 16.8. The van der Waals surface area contributed by atoms with Gasteiger partial charge in [0.25, 0.3) is 0 Å². The Hall–Kier alpha value is -2.30. The molecule has 1 saturated heterocycles. The van der Waals surface area contributed by atoms with E-state index in [4.69, 9.17) is 9.47 Å². The zero-order chi connectivity index (χ0) is 19.4. The van der Waals surface area contributed by atoms with Gasteiger partial charge in [-0.05, 0) is 76.2 Å². The molecule has 0 spiro atoms. The van der Waals surface area contributed by atoms with Gasteiger partial charge in [0.15, 0.2) is 11.5 Å². The number of fused-ring (bicyclic) bond motifs is 7. The highest BCUT2D eigenvalue weighted by atomic mass is 16.5. The molecule has 1 N–H and O–H groups in total. The highest BCUT2D eigenvalue weighted by Gasteiger charge is 2.38. The first-order valence-electron chi connectivity index (χ1n) is 10.2. The molecule has 2 atom stereocenters. The Morgan fingerprint density at radius 2 is 1.71 bits per heavy atom. The second-order valence-electron chi connectivity index (χ2n) is 8.00. The van der Waals surface area contributed by atoms with Crippen LogP contribution in [0.5, 0.6) is 11.5 Å². The van der Waals surface area contributed by atoms with E-state index in [1.165, 1.54) is 27.3 Å². The minimum Gasteiger partial charge on any atom is -0.493 e. The number of rotatable bonds is 3. The van der Waals surface area contributed by atoms with Crippen LogP contribution in [0.4, 0.5) is 0 Å². The number of hydrogen-bond donors (Lipinski definition) is 1. The van der Waals surface area contributed by atoms with E-state index < -0.39 is 6.10 Å². The lowest BCUT2D eigenvalue weighted by molar-refractivity contribution is 0.0552. The molecular formula is C24H27NO3. The molecule has 5 rings (SSSR count). The lowest BCUT2D eigenvalue weighted by atomic mass is 9.83. The highest BCUT2D eigenvalue weighted by Crippen LogP contribution is 2.47. The van der Waals surface area contributed by atoms with Gasteiger partial charge in [-0.25, -0.2) is 0 Å². The summed E-state index contributed by atoms with van der Waals surface area (Å²) in [6.07, 6.45) is 2.77. The smallest absolute Gasteiger partial charge is 0.161 e. The molecule has 2 heterocycles. The van der Waals surface area contributed by atoms with Gasteiger partial charge in [-0.1, -0.05) is 25.1 Å². The second kappa shape index (κ2) is 6.64. The molecule has 146 valence electrons. The fourth-order valence-electron chi connectivity index (χ4n) is 5.24. The van der Waals surface area contributed by atoms with Crippen molar-refractivity contribution in [3.05, 3.63) is 47.0 Å². The van der Waals surface area contributed by atoms with E-state index >= 15 is 0 Å². The molecule has 3 aromatic rings. The van der Waals surface area contributed by atoms with E-state index in [9.17, 15) is 5.11 Å². The van der Waals surface area contributed by atoms with E-state index in [0.717, 1.165) is 54.8 Å². The average Bonchev–Trinajstić information content (AvgIpc) is 3.21. The Balaban J connectivity index is 1.91. The van der Waals surface area contributed by atoms with E-state index in [-0.39, 0.29) is 6.04 Å². The minimum absolute atomic E-state index is 0.235. The van der Waals surface area contributed by atoms with Crippen LogP contribution >= 0.6 is 0 Å². The van der Waals surface area contributed by atoms with Crippen molar-refractivity contribution < 1.29 is 14.6 Å². The zero-order valence-electron chi connectivity index (χ0n) is 16.8. The Morgan fingerprint density at radius 3 is 2.43 bits per heavy atom. The summed E-state index contributed by atoms with van der Waals surface area (Å²) in [5.41, 5.74) is 3.65. The predicted octanol–water partition coefficient (Wildman–Crippen LogP) is 4.58. The van der Waals surface area contributed by atoms with Gasteiger partial charge < -0.3 is 14.6 Å². The molecule has 2 aliphatic rings. The van der Waals surface area contributed by atoms with Crippen LogP contribution in [0.3, 0.4) is 0 Å². The molecule has 0 saturated carbocycles. The fourth-order valence-corrected chi connectivity index (χ4v) is 5.24. The number of aliphatic hydroxyl groups excluding tert-OH is 1. The molecule has 2 aliphatic heterocycles. The van der Waals surface area contributed by atoms with E-state index in [1.54, 1.807) is 14.2 Å². The maximum absolute atomic E-state index is 11.3. The Morgan fingerprint density at radius 1 is 1.00 bits per heavy atom. The van der Waals surface area contributed by atoms with Gasteiger partial charge in [0.2, 0.25) is 0 Å². The maximum Gasteiger partial charge on any atom is 0.161 e. The van der Waals surface area contributed by atoms with Crippen molar-refractivity contribution in [3.63, 3.8) is 0 Å². The summed E-state index contributed by atoms with van der Waals surface area (Å²) >= 11 is 0. The van der Waals surface area contributed by atoms with E-state index in [0.29, 0.717) is 0 Å². The SMILES string of the molecule is CCc1ccc2c3c(c4cc(OC)c(OC)cc4c2c1)CN1CCC[C@H]1[C@H]3O. The summed E-state index contributed by atoms with van der Waals surface area (Å²) < 4.78 is 11.2. The van der Waals surface area contributed by atoms with Gasteiger partial charge in [-0.3, -0.25) is 4.90 Å². The number of hydrogen-bond acceptors (Lipinski definition) is 4. The number of benzene rings is 3. The molecule has 0 unspecified atom stereocenters. The normalized spacial score (nSPS) is 21.7. The Kier molecular flexibility index (Phi) is 4.22. The lowest BCUT2D eigenvalue weighted by Crippen LogP contribution is -2.39. The van der Waals surface area contributed by atoms with Crippen LogP contribution in [0.2, 0.25) is 0 Å². The molecule has 0 radical (unpaired) electrons. The number of nitrogens with zero attached hydrogens (tertiary/aromatic N) is 1. The van der Waals surface area contributed by atoms with Gasteiger partial charge in [0, 0.05) is 12.6 Å². The average molecular weight is 377 g/mol. The molecule has 0 amide bonds. The quantitative estimate of drug-likeness (QED) is 0.678. The minimum atomic E-state index is -0.446. The largest absolute Gasteiger partial charge is 0.493 e. The van der Waals surface area contributed by atoms with Gasteiger partial charge in [0.1, 0.15) is 0 Å². The number of ether oxygens (including phenoxy) is 2. The maximum atomic E-state index is 11.3. The fraction of sp³-hybridized carbons (Fsp3) is 0.417. The van der Waals surface area contributed by atoms with Gasteiger partial charge in [-0.15, -0.1) is 0 Å². The standard InChI is InChI=1S/C24H27NO3/c1-4-14-7-8-15-16(10-14)17-11-21(27-2)22(28-3)12-18(17)19-13-25-9-5-6-20(25)24(26)23(15)19/h7-8,10-12,20,24,26H,4-6,9,13H2,1-3H3/t20-,24+/m0/s1. The molecule has 0 aromatic heterocycles. The molecule has 4 nitrogen and oxygen atoms in total. The first-order valence-corrected chi connectivity index (χ1v) is 10.2. The van der Waals surface area contributed by atoms with Crippen LogP contribution in [0.1, 0.15) is 42.6 Å². The summed E-state index contributed by atoms with van der Waals surface area (Å²) in [4.78, 5) is 2.44. The summed E-state index contributed by atoms with van der Waals surface area (Å²) in [7, 11) is 3.36. The predicted molar refractivity (Wildman–Crippen MR) is 112 cm³/mol. The third-order valence-electron chi connectivity index (χ3n) is 6.68. The van der Waals surface area contributed by atoms with Crippen molar-refractivity contribution in [1.82, 2.24) is 4.90 Å². The molecule has 28 heavy (non-hydrogen) atoms. The summed E-state index contributed by atoms with van der Waals surface area (Å²) in [6, 6.07) is 11.1. The summed E-state index contributed by atoms with van der Waals surface area (Å²) in [6.45, 7) is 4.12. The van der Waals surface area contributed by atoms with Crippen molar-refractivity contribution in [2.45, 2.75) is 44.9 Å².